The van der Waals surface area contributed by atoms with E-state index in [0.717, 1.165) is 28.8 Å². The van der Waals surface area contributed by atoms with Crippen LogP contribution in [-0.2, 0) is 13.0 Å². The Bertz CT molecular complexity index is 698. The van der Waals surface area contributed by atoms with Crippen LogP contribution in [0.4, 0.5) is 4.39 Å². The van der Waals surface area contributed by atoms with Gasteiger partial charge in [-0.1, -0.05) is 30.3 Å². The third-order valence-electron chi connectivity index (χ3n) is 3.40. The van der Waals surface area contributed by atoms with Gasteiger partial charge in [0.05, 0.1) is 0 Å². The zero-order chi connectivity index (χ0) is 13.2. The molecule has 0 aliphatic heterocycles. The summed E-state index contributed by atoms with van der Waals surface area (Å²) in [5, 5.41) is 1.17. The first-order chi connectivity index (χ1) is 9.28. The predicted molar refractivity (Wildman–Crippen MR) is 75.4 cm³/mol. The standard InChI is InChI=1S/C16H15FN2/c17-12-7-5-11(6-8-12)9-16-14(10-18)13-3-1-2-4-15(13)19-16/h1-8,19H,9-10,18H2. The van der Waals surface area contributed by atoms with Crippen molar-refractivity contribution in [3.05, 3.63) is 71.2 Å². The number of hydrogen-bond donors (Lipinski definition) is 2. The molecule has 96 valence electrons. The number of benzene rings is 2. The van der Waals surface area contributed by atoms with Gasteiger partial charge in [-0.2, -0.15) is 0 Å². The number of rotatable bonds is 3. The molecule has 0 fully saturated rings. The second-order valence-electron chi connectivity index (χ2n) is 4.64. The topological polar surface area (TPSA) is 41.8 Å². The van der Waals surface area contributed by atoms with E-state index in [4.69, 9.17) is 5.73 Å². The summed E-state index contributed by atoms with van der Waals surface area (Å²) in [6.45, 7) is 0.501. The number of H-pyrrole nitrogens is 1. The van der Waals surface area contributed by atoms with Crippen LogP contribution in [0.25, 0.3) is 10.9 Å². The highest BCUT2D eigenvalue weighted by molar-refractivity contribution is 5.84. The van der Waals surface area contributed by atoms with Crippen LogP contribution in [0, 0.1) is 5.82 Å². The lowest BCUT2D eigenvalue weighted by molar-refractivity contribution is 0.627. The van der Waals surface area contributed by atoms with Gasteiger partial charge in [-0.25, -0.2) is 4.39 Å². The number of nitrogens with one attached hydrogen (secondary N) is 1. The molecule has 0 amide bonds. The maximum Gasteiger partial charge on any atom is 0.123 e. The number of hydrogen-bond acceptors (Lipinski definition) is 1. The molecule has 3 heteroatoms. The highest BCUT2D eigenvalue weighted by Gasteiger charge is 2.10. The van der Waals surface area contributed by atoms with Crippen molar-refractivity contribution >= 4 is 10.9 Å². The minimum atomic E-state index is -0.209. The van der Waals surface area contributed by atoms with Crippen molar-refractivity contribution in [2.45, 2.75) is 13.0 Å². The Morgan fingerprint density at radius 3 is 2.47 bits per heavy atom. The summed E-state index contributed by atoms with van der Waals surface area (Å²) in [5.74, 6) is -0.209. The predicted octanol–water partition coefficient (Wildman–Crippen LogP) is 3.36. The Labute approximate surface area is 111 Å². The Morgan fingerprint density at radius 2 is 1.74 bits per heavy atom. The summed E-state index contributed by atoms with van der Waals surface area (Å²) in [7, 11) is 0. The second-order valence-corrected chi connectivity index (χ2v) is 4.64. The van der Waals surface area contributed by atoms with Crippen molar-refractivity contribution in [3.63, 3.8) is 0 Å². The van der Waals surface area contributed by atoms with Gasteiger partial charge in [0.2, 0.25) is 0 Å². The Hall–Kier alpha value is -2.13. The molecule has 3 rings (SSSR count). The summed E-state index contributed by atoms with van der Waals surface area (Å²) >= 11 is 0. The molecule has 0 aliphatic carbocycles. The van der Waals surface area contributed by atoms with E-state index in [1.165, 1.54) is 17.5 Å². The van der Waals surface area contributed by atoms with Gasteiger partial charge in [0, 0.05) is 29.6 Å². The summed E-state index contributed by atoms with van der Waals surface area (Å²) in [6, 6.07) is 14.7. The van der Waals surface area contributed by atoms with E-state index in [1.807, 2.05) is 18.2 Å². The van der Waals surface area contributed by atoms with E-state index in [2.05, 4.69) is 11.1 Å². The summed E-state index contributed by atoms with van der Waals surface area (Å²) in [6.07, 6.45) is 0.738. The van der Waals surface area contributed by atoms with E-state index in [-0.39, 0.29) is 5.82 Å². The lowest BCUT2D eigenvalue weighted by Gasteiger charge is -2.03. The summed E-state index contributed by atoms with van der Waals surface area (Å²) in [5.41, 5.74) is 10.3. The molecule has 19 heavy (non-hydrogen) atoms. The molecule has 1 heterocycles. The Kier molecular flexibility index (Phi) is 3.05. The first-order valence-electron chi connectivity index (χ1n) is 6.31. The largest absolute Gasteiger partial charge is 0.358 e. The maximum absolute atomic E-state index is 12.9. The van der Waals surface area contributed by atoms with E-state index >= 15 is 0 Å². The van der Waals surface area contributed by atoms with Gasteiger partial charge in [-0.05, 0) is 29.3 Å². The number of fused-ring (bicyclic) bond motifs is 1. The van der Waals surface area contributed by atoms with Crippen molar-refractivity contribution in [3.8, 4) is 0 Å². The molecule has 0 aliphatic rings. The number of para-hydroxylation sites is 1. The molecule has 2 aromatic carbocycles. The Balaban J connectivity index is 2.02. The SMILES string of the molecule is NCc1c(Cc2ccc(F)cc2)[nH]c2ccccc12. The van der Waals surface area contributed by atoms with Crippen molar-refractivity contribution in [2.75, 3.05) is 0 Å². The van der Waals surface area contributed by atoms with E-state index in [9.17, 15) is 4.39 Å². The van der Waals surface area contributed by atoms with Gasteiger partial charge >= 0.3 is 0 Å². The number of nitrogens with two attached hydrogens (primary N) is 1. The van der Waals surface area contributed by atoms with Crippen LogP contribution >= 0.6 is 0 Å². The molecule has 0 saturated carbocycles. The van der Waals surface area contributed by atoms with Crippen LogP contribution in [-0.4, -0.2) is 4.98 Å². The van der Waals surface area contributed by atoms with E-state index < -0.39 is 0 Å². The average molecular weight is 254 g/mol. The minimum absolute atomic E-state index is 0.209. The van der Waals surface area contributed by atoms with Crippen molar-refractivity contribution in [1.82, 2.24) is 4.98 Å². The van der Waals surface area contributed by atoms with Gasteiger partial charge in [-0.3, -0.25) is 0 Å². The third kappa shape index (κ3) is 2.25. The van der Waals surface area contributed by atoms with Crippen LogP contribution < -0.4 is 5.73 Å². The molecular weight excluding hydrogens is 239 g/mol. The molecule has 3 aromatic rings. The molecule has 0 unspecified atom stereocenters. The number of aromatic amines is 1. The molecule has 0 spiro atoms. The number of halogens is 1. The fourth-order valence-electron chi connectivity index (χ4n) is 2.45. The highest BCUT2D eigenvalue weighted by Crippen LogP contribution is 2.24. The molecule has 0 radical (unpaired) electrons. The lowest BCUT2D eigenvalue weighted by atomic mass is 10.0. The van der Waals surface area contributed by atoms with Crippen LogP contribution in [0.5, 0.6) is 0 Å². The van der Waals surface area contributed by atoms with Gasteiger partial charge in [0.15, 0.2) is 0 Å². The first kappa shape index (κ1) is 11.9. The zero-order valence-corrected chi connectivity index (χ0v) is 10.5. The molecule has 0 bridgehead atoms. The van der Waals surface area contributed by atoms with Gasteiger partial charge in [0.1, 0.15) is 5.82 Å². The van der Waals surface area contributed by atoms with Gasteiger partial charge < -0.3 is 10.7 Å². The smallest absolute Gasteiger partial charge is 0.123 e. The summed E-state index contributed by atoms with van der Waals surface area (Å²) in [4.78, 5) is 3.40. The molecule has 3 N–H and O–H groups in total. The van der Waals surface area contributed by atoms with Gasteiger partial charge in [0.25, 0.3) is 0 Å². The quantitative estimate of drug-likeness (QED) is 0.739. The molecule has 0 saturated heterocycles. The fraction of sp³-hybridized carbons (Fsp3) is 0.125. The summed E-state index contributed by atoms with van der Waals surface area (Å²) < 4.78 is 12.9. The number of aromatic nitrogens is 1. The molecule has 0 atom stereocenters. The average Bonchev–Trinajstić information content (AvgIpc) is 2.78. The monoisotopic (exact) mass is 254 g/mol. The van der Waals surface area contributed by atoms with Crippen LogP contribution in [0.2, 0.25) is 0 Å². The first-order valence-corrected chi connectivity index (χ1v) is 6.31. The third-order valence-corrected chi connectivity index (χ3v) is 3.40. The van der Waals surface area contributed by atoms with Gasteiger partial charge in [-0.15, -0.1) is 0 Å². The van der Waals surface area contributed by atoms with Crippen LogP contribution in [0.3, 0.4) is 0 Å². The lowest BCUT2D eigenvalue weighted by Crippen LogP contribution is -2.00. The maximum atomic E-state index is 12.9. The minimum Gasteiger partial charge on any atom is -0.358 e. The van der Waals surface area contributed by atoms with Crippen LogP contribution in [0.1, 0.15) is 16.8 Å². The van der Waals surface area contributed by atoms with Crippen LogP contribution in [0.15, 0.2) is 48.5 Å². The molecule has 1 aromatic heterocycles. The zero-order valence-electron chi connectivity index (χ0n) is 10.5. The molecular formula is C16H15FN2. The van der Waals surface area contributed by atoms with Crippen molar-refractivity contribution < 1.29 is 4.39 Å². The van der Waals surface area contributed by atoms with E-state index in [1.54, 1.807) is 12.1 Å². The Morgan fingerprint density at radius 1 is 1.00 bits per heavy atom. The second kappa shape index (κ2) is 4.86. The normalized spacial score (nSPS) is 11.1. The molecule has 2 nitrogen and oxygen atoms in total. The van der Waals surface area contributed by atoms with E-state index in [0.29, 0.717) is 6.54 Å². The van der Waals surface area contributed by atoms with Crippen molar-refractivity contribution in [2.24, 2.45) is 5.73 Å². The van der Waals surface area contributed by atoms with Crippen molar-refractivity contribution in [1.29, 1.82) is 0 Å². The highest BCUT2D eigenvalue weighted by atomic mass is 19.1. The fourth-order valence-corrected chi connectivity index (χ4v) is 2.45.